The van der Waals surface area contributed by atoms with E-state index in [1.165, 1.54) is 4.88 Å². The minimum Gasteiger partial charge on any atom is -0.491 e. The summed E-state index contributed by atoms with van der Waals surface area (Å²) >= 11 is 14.2. The van der Waals surface area contributed by atoms with Gasteiger partial charge in [0.05, 0.1) is 16.6 Å². The molecule has 8 heteroatoms. The molecule has 0 bridgehead atoms. The van der Waals surface area contributed by atoms with Crippen LogP contribution < -0.4 is 4.74 Å². The average Bonchev–Trinajstić information content (AvgIpc) is 3.31. The molecule has 1 aliphatic heterocycles. The molecule has 0 fully saturated rings. The maximum absolute atomic E-state index is 13.8. The van der Waals surface area contributed by atoms with E-state index in [1.807, 2.05) is 50.8 Å². The molecule has 1 aromatic heterocycles. The third kappa shape index (κ3) is 5.72. The standard InChI is InChI=1S/C28H30Cl2N2O3S/c1-18-15-19(9-10-22(18)29)35-17-24-21-12-14-36-25(21)11-13-31(24)26(33)16-32(28(2,3)4)27(34)20-7-5-6-8-23(20)30/h5-10,12,14-15,24H,11,13,16-17H2,1-4H3/t24-/m0/s1. The molecule has 1 aliphatic rings. The minimum atomic E-state index is -0.581. The average molecular weight is 546 g/mol. The van der Waals surface area contributed by atoms with E-state index in [2.05, 4.69) is 11.4 Å². The van der Waals surface area contributed by atoms with Crippen LogP contribution in [-0.4, -0.2) is 46.8 Å². The first kappa shape index (κ1) is 26.5. The van der Waals surface area contributed by atoms with Crippen LogP contribution in [0.15, 0.2) is 53.9 Å². The molecule has 36 heavy (non-hydrogen) atoms. The predicted molar refractivity (Wildman–Crippen MR) is 146 cm³/mol. The summed E-state index contributed by atoms with van der Waals surface area (Å²) in [6.07, 6.45) is 0.781. The van der Waals surface area contributed by atoms with Crippen LogP contribution in [0.5, 0.6) is 5.75 Å². The third-order valence-electron chi connectivity index (χ3n) is 6.41. The topological polar surface area (TPSA) is 49.9 Å². The Labute approximate surface area is 226 Å². The highest BCUT2D eigenvalue weighted by molar-refractivity contribution is 7.10. The van der Waals surface area contributed by atoms with Gasteiger partial charge in [-0.15, -0.1) is 11.3 Å². The number of aryl methyl sites for hydroxylation is 1. The van der Waals surface area contributed by atoms with Crippen molar-refractivity contribution >= 4 is 46.4 Å². The first-order chi connectivity index (χ1) is 17.1. The predicted octanol–water partition coefficient (Wildman–Crippen LogP) is 6.81. The number of amides is 2. The highest BCUT2D eigenvalue weighted by Gasteiger charge is 2.36. The number of benzene rings is 2. The van der Waals surface area contributed by atoms with Crippen LogP contribution in [0.2, 0.25) is 10.0 Å². The summed E-state index contributed by atoms with van der Waals surface area (Å²) in [5, 5.41) is 3.11. The molecule has 0 N–H and O–H groups in total. The van der Waals surface area contributed by atoms with Crippen LogP contribution in [0.3, 0.4) is 0 Å². The number of fused-ring (bicyclic) bond motifs is 1. The number of nitrogens with zero attached hydrogens (tertiary/aromatic N) is 2. The van der Waals surface area contributed by atoms with Crippen LogP contribution in [0.4, 0.5) is 0 Å². The van der Waals surface area contributed by atoms with Crippen LogP contribution in [-0.2, 0) is 11.2 Å². The van der Waals surface area contributed by atoms with Crippen molar-refractivity contribution < 1.29 is 14.3 Å². The molecule has 0 spiro atoms. The summed E-state index contributed by atoms with van der Waals surface area (Å²) in [5.74, 6) is 0.319. The van der Waals surface area contributed by atoms with Gasteiger partial charge in [-0.2, -0.15) is 0 Å². The van der Waals surface area contributed by atoms with Gasteiger partial charge < -0.3 is 14.5 Å². The number of thiophene rings is 1. The largest absolute Gasteiger partial charge is 0.491 e. The van der Waals surface area contributed by atoms with E-state index < -0.39 is 5.54 Å². The van der Waals surface area contributed by atoms with Crippen molar-refractivity contribution in [3.8, 4) is 5.75 Å². The zero-order chi connectivity index (χ0) is 26.0. The fraction of sp³-hybridized carbons (Fsp3) is 0.357. The molecule has 2 amide bonds. The van der Waals surface area contributed by atoms with Crippen molar-refractivity contribution in [2.75, 3.05) is 19.7 Å². The zero-order valence-corrected chi connectivity index (χ0v) is 23.2. The summed E-state index contributed by atoms with van der Waals surface area (Å²) in [7, 11) is 0. The quantitative estimate of drug-likeness (QED) is 0.342. The molecule has 3 aromatic rings. The lowest BCUT2D eigenvalue weighted by molar-refractivity contribution is -0.136. The van der Waals surface area contributed by atoms with E-state index in [1.54, 1.807) is 40.5 Å². The molecule has 2 heterocycles. The van der Waals surface area contributed by atoms with Gasteiger partial charge in [0.1, 0.15) is 18.9 Å². The molecule has 0 unspecified atom stereocenters. The Morgan fingerprint density at radius 1 is 1.11 bits per heavy atom. The number of hydrogen-bond donors (Lipinski definition) is 0. The number of rotatable bonds is 6. The van der Waals surface area contributed by atoms with E-state index in [0.717, 1.165) is 17.5 Å². The monoisotopic (exact) mass is 544 g/mol. The van der Waals surface area contributed by atoms with Gasteiger partial charge in [0, 0.05) is 22.0 Å². The molecule has 0 saturated heterocycles. The van der Waals surface area contributed by atoms with Gasteiger partial charge in [0.2, 0.25) is 5.91 Å². The SMILES string of the molecule is Cc1cc(OC[C@H]2c3ccsc3CCN2C(=O)CN(C(=O)c2ccccc2Cl)C(C)(C)C)ccc1Cl. The molecule has 190 valence electrons. The summed E-state index contributed by atoms with van der Waals surface area (Å²) in [4.78, 5) is 31.9. The normalized spacial score (nSPS) is 15.4. The fourth-order valence-corrected chi connectivity index (χ4v) is 5.64. The second-order valence-corrected chi connectivity index (χ2v) is 11.7. The van der Waals surface area contributed by atoms with Crippen LogP contribution in [0.1, 0.15) is 53.2 Å². The number of ether oxygens (including phenoxy) is 1. The molecular formula is C28H30Cl2N2O3S. The van der Waals surface area contributed by atoms with Gasteiger partial charge >= 0.3 is 0 Å². The van der Waals surface area contributed by atoms with Crippen LogP contribution >= 0.6 is 34.5 Å². The summed E-state index contributed by atoms with van der Waals surface area (Å²) in [5.41, 5.74) is 1.84. The van der Waals surface area contributed by atoms with E-state index in [4.69, 9.17) is 27.9 Å². The molecule has 0 radical (unpaired) electrons. The smallest absolute Gasteiger partial charge is 0.256 e. The summed E-state index contributed by atoms with van der Waals surface area (Å²) in [6.45, 7) is 8.52. The Balaban J connectivity index is 1.57. The lowest BCUT2D eigenvalue weighted by atomic mass is 9.99. The van der Waals surface area contributed by atoms with Crippen LogP contribution in [0.25, 0.3) is 0 Å². The van der Waals surface area contributed by atoms with E-state index in [-0.39, 0.29) is 24.4 Å². The Bertz CT molecular complexity index is 1270. The summed E-state index contributed by atoms with van der Waals surface area (Å²) in [6, 6.07) is 14.3. The molecule has 1 atom stereocenters. The highest BCUT2D eigenvalue weighted by atomic mass is 35.5. The minimum absolute atomic E-state index is 0.0520. The van der Waals surface area contributed by atoms with Crippen molar-refractivity contribution in [1.29, 1.82) is 0 Å². The van der Waals surface area contributed by atoms with E-state index in [0.29, 0.717) is 34.5 Å². The van der Waals surface area contributed by atoms with E-state index >= 15 is 0 Å². The van der Waals surface area contributed by atoms with E-state index in [9.17, 15) is 9.59 Å². The highest BCUT2D eigenvalue weighted by Crippen LogP contribution is 2.35. The van der Waals surface area contributed by atoms with Crippen molar-refractivity contribution in [3.05, 3.63) is 85.5 Å². The molecule has 2 aromatic carbocycles. The third-order valence-corrected chi connectivity index (χ3v) is 8.16. The number of halogens is 2. The second kappa shape index (κ2) is 10.8. The lowest BCUT2D eigenvalue weighted by Crippen LogP contribution is -2.53. The number of carbonyl (C=O) groups is 2. The summed E-state index contributed by atoms with van der Waals surface area (Å²) < 4.78 is 6.15. The van der Waals surface area contributed by atoms with Crippen molar-refractivity contribution in [3.63, 3.8) is 0 Å². The zero-order valence-electron chi connectivity index (χ0n) is 20.9. The Morgan fingerprint density at radius 2 is 1.86 bits per heavy atom. The second-order valence-electron chi connectivity index (χ2n) is 9.92. The maximum atomic E-state index is 13.8. The maximum Gasteiger partial charge on any atom is 0.256 e. The van der Waals surface area contributed by atoms with Gasteiger partial charge in [-0.05, 0) is 87.0 Å². The lowest BCUT2D eigenvalue weighted by Gasteiger charge is -2.40. The first-order valence-corrected chi connectivity index (χ1v) is 13.5. The Hall–Kier alpha value is -2.54. The molecule has 4 rings (SSSR count). The van der Waals surface area contributed by atoms with Gasteiger partial charge in [-0.1, -0.05) is 35.3 Å². The fourth-order valence-electron chi connectivity index (χ4n) is 4.38. The molecular weight excluding hydrogens is 515 g/mol. The first-order valence-electron chi connectivity index (χ1n) is 11.9. The molecule has 0 saturated carbocycles. The van der Waals surface area contributed by atoms with Crippen molar-refractivity contribution in [2.45, 2.75) is 45.7 Å². The number of carbonyl (C=O) groups excluding carboxylic acids is 2. The van der Waals surface area contributed by atoms with Crippen molar-refractivity contribution in [1.82, 2.24) is 9.80 Å². The van der Waals surface area contributed by atoms with Gasteiger partial charge in [0.15, 0.2) is 0 Å². The number of hydrogen-bond acceptors (Lipinski definition) is 4. The Kier molecular flexibility index (Phi) is 7.98. The molecule has 5 nitrogen and oxygen atoms in total. The Morgan fingerprint density at radius 3 is 2.56 bits per heavy atom. The van der Waals surface area contributed by atoms with Gasteiger partial charge in [0.25, 0.3) is 5.91 Å². The van der Waals surface area contributed by atoms with Gasteiger partial charge in [-0.25, -0.2) is 0 Å². The van der Waals surface area contributed by atoms with Crippen LogP contribution in [0, 0.1) is 6.92 Å². The molecule has 0 aliphatic carbocycles. The van der Waals surface area contributed by atoms with Gasteiger partial charge in [-0.3, -0.25) is 9.59 Å². The van der Waals surface area contributed by atoms with Crippen molar-refractivity contribution in [2.24, 2.45) is 0 Å².